The summed E-state index contributed by atoms with van der Waals surface area (Å²) in [7, 11) is 0. The molecular weight excluding hydrogens is 276 g/mol. The van der Waals surface area contributed by atoms with Crippen molar-refractivity contribution >= 4 is 11.7 Å². The lowest BCUT2D eigenvalue weighted by Crippen LogP contribution is -2.30. The quantitative estimate of drug-likeness (QED) is 0.942. The normalized spacial score (nSPS) is 14.3. The number of aromatic nitrogens is 1. The third-order valence-electron chi connectivity index (χ3n) is 3.91. The molecule has 4 heteroatoms. The standard InChI is InChI=1S/C18H20N2O2/c1-12-6-9-17(19-11-12)20-18(21)13(2)22-16-8-7-14-4-3-5-15(14)10-16/h6-11,13H,3-5H2,1-2H3,(H,19,20,21). The van der Waals surface area contributed by atoms with Crippen LogP contribution in [0.25, 0.3) is 0 Å². The number of amides is 1. The second-order valence-electron chi connectivity index (χ2n) is 5.75. The number of hydrogen-bond donors (Lipinski definition) is 1. The number of rotatable bonds is 4. The topological polar surface area (TPSA) is 51.2 Å². The number of benzene rings is 1. The molecule has 1 amide bonds. The predicted molar refractivity (Wildman–Crippen MR) is 86.2 cm³/mol. The summed E-state index contributed by atoms with van der Waals surface area (Å²) in [5, 5.41) is 2.77. The van der Waals surface area contributed by atoms with Gasteiger partial charge < -0.3 is 10.1 Å². The third kappa shape index (κ3) is 3.27. The highest BCUT2D eigenvalue weighted by atomic mass is 16.5. The van der Waals surface area contributed by atoms with Crippen molar-refractivity contribution in [2.45, 2.75) is 39.2 Å². The molecule has 1 heterocycles. The molecule has 0 saturated carbocycles. The van der Waals surface area contributed by atoms with E-state index in [-0.39, 0.29) is 5.91 Å². The van der Waals surface area contributed by atoms with E-state index in [1.165, 1.54) is 17.5 Å². The molecule has 3 rings (SSSR count). The molecular formula is C18H20N2O2. The first-order valence-electron chi connectivity index (χ1n) is 7.64. The van der Waals surface area contributed by atoms with E-state index >= 15 is 0 Å². The Bertz CT molecular complexity index is 680. The van der Waals surface area contributed by atoms with Crippen molar-refractivity contribution < 1.29 is 9.53 Å². The van der Waals surface area contributed by atoms with Gasteiger partial charge in [-0.1, -0.05) is 12.1 Å². The van der Waals surface area contributed by atoms with Crippen LogP contribution in [0, 0.1) is 6.92 Å². The largest absolute Gasteiger partial charge is 0.481 e. The molecule has 2 aromatic rings. The van der Waals surface area contributed by atoms with E-state index in [4.69, 9.17) is 4.74 Å². The lowest BCUT2D eigenvalue weighted by molar-refractivity contribution is -0.122. The maximum Gasteiger partial charge on any atom is 0.266 e. The first-order valence-corrected chi connectivity index (χ1v) is 7.64. The monoisotopic (exact) mass is 296 g/mol. The second kappa shape index (κ2) is 6.18. The summed E-state index contributed by atoms with van der Waals surface area (Å²) >= 11 is 0. The van der Waals surface area contributed by atoms with Crippen LogP contribution < -0.4 is 10.1 Å². The SMILES string of the molecule is Cc1ccc(NC(=O)C(C)Oc2ccc3c(c2)CCC3)nc1. The van der Waals surface area contributed by atoms with E-state index in [1.807, 2.05) is 19.1 Å². The molecule has 1 atom stereocenters. The van der Waals surface area contributed by atoms with E-state index in [2.05, 4.69) is 22.4 Å². The molecule has 1 N–H and O–H groups in total. The highest BCUT2D eigenvalue weighted by Gasteiger charge is 2.17. The Morgan fingerprint density at radius 1 is 1.23 bits per heavy atom. The number of nitrogens with one attached hydrogen (secondary N) is 1. The molecule has 1 aromatic heterocycles. The van der Waals surface area contributed by atoms with Crippen LogP contribution in [0.1, 0.15) is 30.0 Å². The summed E-state index contributed by atoms with van der Waals surface area (Å²) in [6.45, 7) is 3.70. The predicted octanol–water partition coefficient (Wildman–Crippen LogP) is 3.28. The average Bonchev–Trinajstić information content (AvgIpc) is 2.97. The van der Waals surface area contributed by atoms with Crippen LogP contribution in [-0.4, -0.2) is 17.0 Å². The van der Waals surface area contributed by atoms with Crippen molar-refractivity contribution in [3.63, 3.8) is 0 Å². The Morgan fingerprint density at radius 2 is 2.05 bits per heavy atom. The fourth-order valence-electron chi connectivity index (χ4n) is 2.65. The van der Waals surface area contributed by atoms with Crippen molar-refractivity contribution in [3.05, 3.63) is 53.2 Å². The van der Waals surface area contributed by atoms with Crippen LogP contribution in [0.4, 0.5) is 5.82 Å². The van der Waals surface area contributed by atoms with Gasteiger partial charge in [-0.2, -0.15) is 0 Å². The smallest absolute Gasteiger partial charge is 0.266 e. The molecule has 0 saturated heterocycles. The Kier molecular flexibility index (Phi) is 4.09. The van der Waals surface area contributed by atoms with Gasteiger partial charge in [-0.15, -0.1) is 0 Å². The molecule has 1 aliphatic carbocycles. The molecule has 4 nitrogen and oxygen atoms in total. The number of carbonyl (C=O) groups excluding carboxylic acids is 1. The Labute approximate surface area is 130 Å². The maximum atomic E-state index is 12.2. The highest BCUT2D eigenvalue weighted by molar-refractivity contribution is 5.93. The number of nitrogens with zero attached hydrogens (tertiary/aromatic N) is 1. The van der Waals surface area contributed by atoms with Gasteiger partial charge in [0.05, 0.1) is 0 Å². The number of pyridine rings is 1. The van der Waals surface area contributed by atoms with Crippen LogP contribution in [0.2, 0.25) is 0 Å². The van der Waals surface area contributed by atoms with Gasteiger partial charge in [0.2, 0.25) is 0 Å². The van der Waals surface area contributed by atoms with E-state index in [9.17, 15) is 4.79 Å². The number of ether oxygens (including phenoxy) is 1. The number of aryl methyl sites for hydroxylation is 3. The van der Waals surface area contributed by atoms with Gasteiger partial charge in [-0.25, -0.2) is 4.98 Å². The van der Waals surface area contributed by atoms with Crippen LogP contribution in [0.5, 0.6) is 5.75 Å². The highest BCUT2D eigenvalue weighted by Crippen LogP contribution is 2.26. The van der Waals surface area contributed by atoms with Gasteiger partial charge in [-0.05, 0) is 68.0 Å². The first kappa shape index (κ1) is 14.6. The van der Waals surface area contributed by atoms with Crippen LogP contribution in [0.3, 0.4) is 0 Å². The van der Waals surface area contributed by atoms with E-state index < -0.39 is 6.10 Å². The Morgan fingerprint density at radius 3 is 2.82 bits per heavy atom. The molecule has 114 valence electrons. The summed E-state index contributed by atoms with van der Waals surface area (Å²) in [5.74, 6) is 1.09. The summed E-state index contributed by atoms with van der Waals surface area (Å²) in [4.78, 5) is 16.3. The van der Waals surface area contributed by atoms with Gasteiger partial charge in [0.25, 0.3) is 5.91 Å². The summed E-state index contributed by atoms with van der Waals surface area (Å²) in [6.07, 6.45) is 4.60. The van der Waals surface area contributed by atoms with Gasteiger partial charge in [0, 0.05) is 6.20 Å². The minimum absolute atomic E-state index is 0.197. The molecule has 0 bridgehead atoms. The van der Waals surface area contributed by atoms with Gasteiger partial charge >= 0.3 is 0 Å². The van der Waals surface area contributed by atoms with Crippen molar-refractivity contribution in [2.24, 2.45) is 0 Å². The third-order valence-corrected chi connectivity index (χ3v) is 3.91. The zero-order valence-corrected chi connectivity index (χ0v) is 12.9. The van der Waals surface area contributed by atoms with Crippen LogP contribution in [0.15, 0.2) is 36.5 Å². The van der Waals surface area contributed by atoms with Crippen molar-refractivity contribution in [3.8, 4) is 5.75 Å². The van der Waals surface area contributed by atoms with E-state index in [1.54, 1.807) is 19.2 Å². The summed E-state index contributed by atoms with van der Waals surface area (Å²) in [6, 6.07) is 9.79. The molecule has 0 fully saturated rings. The Hall–Kier alpha value is -2.36. The summed E-state index contributed by atoms with van der Waals surface area (Å²) < 4.78 is 5.76. The molecule has 1 unspecified atom stereocenters. The number of fused-ring (bicyclic) bond motifs is 1. The Balaban J connectivity index is 1.62. The van der Waals surface area contributed by atoms with Gasteiger partial charge in [0.15, 0.2) is 6.10 Å². The fraction of sp³-hybridized carbons (Fsp3) is 0.333. The van der Waals surface area contributed by atoms with Gasteiger partial charge in [0.1, 0.15) is 11.6 Å². The van der Waals surface area contributed by atoms with Crippen LogP contribution in [-0.2, 0) is 17.6 Å². The zero-order valence-electron chi connectivity index (χ0n) is 12.9. The minimum Gasteiger partial charge on any atom is -0.481 e. The minimum atomic E-state index is -0.567. The lowest BCUT2D eigenvalue weighted by Gasteiger charge is -2.15. The van der Waals surface area contributed by atoms with Gasteiger partial charge in [-0.3, -0.25) is 4.79 Å². The molecule has 0 spiro atoms. The summed E-state index contributed by atoms with van der Waals surface area (Å²) in [5.41, 5.74) is 3.79. The van der Waals surface area contributed by atoms with E-state index in [0.717, 1.165) is 24.2 Å². The van der Waals surface area contributed by atoms with Crippen molar-refractivity contribution in [1.82, 2.24) is 4.98 Å². The fourth-order valence-corrected chi connectivity index (χ4v) is 2.65. The molecule has 0 radical (unpaired) electrons. The lowest BCUT2D eigenvalue weighted by atomic mass is 10.1. The van der Waals surface area contributed by atoms with E-state index in [0.29, 0.717) is 5.82 Å². The number of carbonyl (C=O) groups is 1. The molecule has 1 aliphatic rings. The van der Waals surface area contributed by atoms with Crippen molar-refractivity contribution in [2.75, 3.05) is 5.32 Å². The molecule has 1 aromatic carbocycles. The number of anilines is 1. The maximum absolute atomic E-state index is 12.2. The molecule has 22 heavy (non-hydrogen) atoms. The first-order chi connectivity index (χ1) is 10.6. The number of hydrogen-bond acceptors (Lipinski definition) is 3. The zero-order chi connectivity index (χ0) is 15.5. The second-order valence-corrected chi connectivity index (χ2v) is 5.75. The average molecular weight is 296 g/mol. The van der Waals surface area contributed by atoms with Crippen LogP contribution >= 0.6 is 0 Å². The molecule has 0 aliphatic heterocycles. The van der Waals surface area contributed by atoms with Crippen molar-refractivity contribution in [1.29, 1.82) is 0 Å².